The molecule has 1 N–H and O–H groups in total. The maximum absolute atomic E-state index is 12.1. The molecule has 0 unspecified atom stereocenters. The minimum absolute atomic E-state index is 0.297. The molecule has 6 heteroatoms. The van der Waals surface area contributed by atoms with Crippen molar-refractivity contribution in [3.05, 3.63) is 58.1 Å². The van der Waals surface area contributed by atoms with Crippen molar-refractivity contribution in [1.29, 1.82) is 0 Å². The third kappa shape index (κ3) is 4.56. The molecule has 5 nitrogen and oxygen atoms in total. The first kappa shape index (κ1) is 17.0. The van der Waals surface area contributed by atoms with Crippen molar-refractivity contribution in [2.24, 2.45) is 5.10 Å². The Morgan fingerprint density at radius 3 is 2.78 bits per heavy atom. The van der Waals surface area contributed by atoms with Crippen LogP contribution in [-0.2, 0) is 0 Å². The molecule has 0 atom stereocenters. The lowest BCUT2D eigenvalue weighted by atomic mass is 10.2. The molecule has 120 valence electrons. The van der Waals surface area contributed by atoms with E-state index < -0.39 is 0 Å². The minimum Gasteiger partial charge on any atom is -0.497 e. The van der Waals surface area contributed by atoms with Gasteiger partial charge in [-0.25, -0.2) is 5.43 Å². The lowest BCUT2D eigenvalue weighted by Gasteiger charge is -2.08. The van der Waals surface area contributed by atoms with E-state index in [1.807, 2.05) is 19.1 Å². The first-order chi connectivity index (χ1) is 11.2. The summed E-state index contributed by atoms with van der Waals surface area (Å²) in [6.07, 6.45) is 1.53. The van der Waals surface area contributed by atoms with Gasteiger partial charge in [0.15, 0.2) is 0 Å². The summed E-state index contributed by atoms with van der Waals surface area (Å²) in [5.41, 5.74) is 3.73. The molecule has 0 radical (unpaired) electrons. The standard InChI is InChI=1S/C17H17BrN2O3/c1-3-23-16-9-8-13(22-2)10-12(16)11-19-20-17(21)14-6-4-5-7-15(14)18/h4-11H,3H2,1-2H3,(H,20,21)/b19-11+. The second kappa shape index (κ2) is 8.33. The van der Waals surface area contributed by atoms with Crippen molar-refractivity contribution in [3.63, 3.8) is 0 Å². The minimum atomic E-state index is -0.297. The van der Waals surface area contributed by atoms with E-state index in [9.17, 15) is 4.79 Å². The molecule has 0 aliphatic carbocycles. The summed E-state index contributed by atoms with van der Waals surface area (Å²) in [6.45, 7) is 2.44. The Morgan fingerprint density at radius 2 is 2.09 bits per heavy atom. The molecule has 0 spiro atoms. The van der Waals surface area contributed by atoms with Crippen molar-refractivity contribution < 1.29 is 14.3 Å². The third-order valence-corrected chi connectivity index (χ3v) is 3.70. The Bertz CT molecular complexity index is 717. The van der Waals surface area contributed by atoms with Crippen molar-refractivity contribution in [1.82, 2.24) is 5.43 Å². The molecule has 0 saturated carbocycles. The molecule has 0 saturated heterocycles. The maximum atomic E-state index is 12.1. The van der Waals surface area contributed by atoms with Gasteiger partial charge in [-0.15, -0.1) is 0 Å². The Kier molecular flexibility index (Phi) is 6.17. The van der Waals surface area contributed by atoms with Crippen LogP contribution in [0.4, 0.5) is 0 Å². The molecule has 0 aliphatic heterocycles. The predicted octanol–water partition coefficient (Wildman–Crippen LogP) is 3.62. The number of halogens is 1. The number of amides is 1. The molecule has 0 aromatic heterocycles. The van der Waals surface area contributed by atoms with Gasteiger partial charge in [-0.3, -0.25) is 4.79 Å². The van der Waals surface area contributed by atoms with Crippen LogP contribution >= 0.6 is 15.9 Å². The van der Waals surface area contributed by atoms with Crippen LogP contribution in [0.5, 0.6) is 11.5 Å². The number of hydrogen-bond donors (Lipinski definition) is 1. The van der Waals surface area contributed by atoms with Gasteiger partial charge in [0.1, 0.15) is 11.5 Å². The van der Waals surface area contributed by atoms with Crippen LogP contribution in [0.25, 0.3) is 0 Å². The zero-order chi connectivity index (χ0) is 16.7. The number of carbonyl (C=O) groups is 1. The molecule has 23 heavy (non-hydrogen) atoms. The molecule has 0 fully saturated rings. The number of hydrazone groups is 1. The predicted molar refractivity (Wildman–Crippen MR) is 93.4 cm³/mol. The fraction of sp³-hybridized carbons (Fsp3) is 0.176. The Hall–Kier alpha value is -2.34. The van der Waals surface area contributed by atoms with Crippen LogP contribution in [-0.4, -0.2) is 25.8 Å². The van der Waals surface area contributed by atoms with E-state index >= 15 is 0 Å². The van der Waals surface area contributed by atoms with Crippen LogP contribution in [0.1, 0.15) is 22.8 Å². The van der Waals surface area contributed by atoms with E-state index in [1.165, 1.54) is 6.21 Å². The molecule has 2 aromatic rings. The van der Waals surface area contributed by atoms with E-state index in [-0.39, 0.29) is 5.91 Å². The van der Waals surface area contributed by atoms with E-state index in [1.54, 1.807) is 37.4 Å². The first-order valence-corrected chi connectivity index (χ1v) is 7.83. The molecular weight excluding hydrogens is 360 g/mol. The second-order valence-electron chi connectivity index (χ2n) is 4.52. The highest BCUT2D eigenvalue weighted by molar-refractivity contribution is 9.10. The fourth-order valence-corrected chi connectivity index (χ4v) is 2.37. The Balaban J connectivity index is 2.13. The number of methoxy groups -OCH3 is 1. The highest BCUT2D eigenvalue weighted by atomic mass is 79.9. The summed E-state index contributed by atoms with van der Waals surface area (Å²) in [6, 6.07) is 12.5. The summed E-state index contributed by atoms with van der Waals surface area (Å²) in [5, 5.41) is 4.00. The molecule has 2 aromatic carbocycles. The average Bonchev–Trinajstić information content (AvgIpc) is 2.56. The molecular formula is C17H17BrN2O3. The van der Waals surface area contributed by atoms with Gasteiger partial charge in [0, 0.05) is 10.0 Å². The quantitative estimate of drug-likeness (QED) is 0.618. The fourth-order valence-electron chi connectivity index (χ4n) is 1.91. The van der Waals surface area contributed by atoms with Gasteiger partial charge in [-0.1, -0.05) is 12.1 Å². The number of hydrogen-bond acceptors (Lipinski definition) is 4. The van der Waals surface area contributed by atoms with Crippen LogP contribution in [0.15, 0.2) is 52.0 Å². The van der Waals surface area contributed by atoms with Gasteiger partial charge < -0.3 is 9.47 Å². The smallest absolute Gasteiger partial charge is 0.272 e. The highest BCUT2D eigenvalue weighted by Gasteiger charge is 2.08. The number of carbonyl (C=O) groups excluding carboxylic acids is 1. The van der Waals surface area contributed by atoms with Gasteiger partial charge in [0.2, 0.25) is 0 Å². The van der Waals surface area contributed by atoms with Crippen molar-refractivity contribution in [2.45, 2.75) is 6.92 Å². The normalized spacial score (nSPS) is 10.6. The van der Waals surface area contributed by atoms with Crippen molar-refractivity contribution >= 4 is 28.1 Å². The molecule has 0 heterocycles. The van der Waals surface area contributed by atoms with E-state index in [4.69, 9.17) is 9.47 Å². The summed E-state index contributed by atoms with van der Waals surface area (Å²) in [5.74, 6) is 1.06. The Morgan fingerprint density at radius 1 is 1.30 bits per heavy atom. The van der Waals surface area contributed by atoms with Gasteiger partial charge in [-0.05, 0) is 53.2 Å². The number of nitrogens with zero attached hydrogens (tertiary/aromatic N) is 1. The van der Waals surface area contributed by atoms with Crippen LogP contribution in [0.3, 0.4) is 0 Å². The monoisotopic (exact) mass is 376 g/mol. The van der Waals surface area contributed by atoms with E-state index in [2.05, 4.69) is 26.5 Å². The van der Waals surface area contributed by atoms with Crippen LogP contribution < -0.4 is 14.9 Å². The number of rotatable bonds is 6. The summed E-state index contributed by atoms with van der Waals surface area (Å²) in [4.78, 5) is 12.1. The molecule has 0 bridgehead atoms. The largest absolute Gasteiger partial charge is 0.497 e. The summed E-state index contributed by atoms with van der Waals surface area (Å²) in [7, 11) is 1.59. The number of benzene rings is 2. The lowest BCUT2D eigenvalue weighted by Crippen LogP contribution is -2.18. The number of nitrogens with one attached hydrogen (secondary N) is 1. The SMILES string of the molecule is CCOc1ccc(OC)cc1/C=N/NC(=O)c1ccccc1Br. The second-order valence-corrected chi connectivity index (χ2v) is 5.37. The third-order valence-electron chi connectivity index (χ3n) is 3.01. The molecule has 2 rings (SSSR count). The Labute approximate surface area is 143 Å². The highest BCUT2D eigenvalue weighted by Crippen LogP contribution is 2.22. The molecule has 0 aliphatic rings. The van der Waals surface area contributed by atoms with E-state index in [0.717, 1.165) is 5.56 Å². The van der Waals surface area contributed by atoms with Gasteiger partial charge in [0.05, 0.1) is 25.5 Å². The van der Waals surface area contributed by atoms with Crippen LogP contribution in [0, 0.1) is 0 Å². The van der Waals surface area contributed by atoms with Crippen molar-refractivity contribution in [3.8, 4) is 11.5 Å². The van der Waals surface area contributed by atoms with Gasteiger partial charge in [0.25, 0.3) is 5.91 Å². The van der Waals surface area contributed by atoms with Crippen molar-refractivity contribution in [2.75, 3.05) is 13.7 Å². The maximum Gasteiger partial charge on any atom is 0.272 e. The van der Waals surface area contributed by atoms with Crippen LogP contribution in [0.2, 0.25) is 0 Å². The van der Waals surface area contributed by atoms with Gasteiger partial charge >= 0.3 is 0 Å². The zero-order valence-electron chi connectivity index (χ0n) is 12.9. The zero-order valence-corrected chi connectivity index (χ0v) is 14.5. The average molecular weight is 377 g/mol. The topological polar surface area (TPSA) is 59.9 Å². The van der Waals surface area contributed by atoms with E-state index in [0.29, 0.717) is 28.1 Å². The van der Waals surface area contributed by atoms with Gasteiger partial charge in [-0.2, -0.15) is 5.10 Å². The molecule has 1 amide bonds. The summed E-state index contributed by atoms with van der Waals surface area (Å²) >= 11 is 3.34. The lowest BCUT2D eigenvalue weighted by molar-refractivity contribution is 0.0954. The number of ether oxygens (including phenoxy) is 2. The summed E-state index contributed by atoms with van der Waals surface area (Å²) < 4.78 is 11.4. The first-order valence-electron chi connectivity index (χ1n) is 7.04.